The molecule has 2 rings (SSSR count). The van der Waals surface area contributed by atoms with Crippen molar-refractivity contribution in [2.45, 2.75) is 0 Å². The number of ketones is 1. The van der Waals surface area contributed by atoms with E-state index in [0.717, 1.165) is 0 Å². The highest BCUT2D eigenvalue weighted by molar-refractivity contribution is 5.95. The third-order valence-corrected chi connectivity index (χ3v) is 1.66. The Morgan fingerprint density at radius 1 is 1.64 bits per heavy atom. The molecule has 0 saturated carbocycles. The molecule has 14 heavy (non-hydrogen) atoms. The summed E-state index contributed by atoms with van der Waals surface area (Å²) in [6, 6.07) is 1.64. The normalized spacial score (nSPS) is 10.6. The molecule has 2 aromatic rings. The van der Waals surface area contributed by atoms with E-state index in [1.807, 2.05) is 0 Å². The first-order valence-electron chi connectivity index (χ1n) is 4.07. The van der Waals surface area contributed by atoms with Gasteiger partial charge in [0.2, 0.25) is 5.78 Å². The highest BCUT2D eigenvalue weighted by atomic mass is 16.4. The Balaban J connectivity index is 2.40. The third kappa shape index (κ3) is 1.47. The molecule has 0 saturated heterocycles. The minimum atomic E-state index is -0.203. The fourth-order valence-electron chi connectivity index (χ4n) is 1.05. The van der Waals surface area contributed by atoms with Crippen LogP contribution in [-0.2, 0) is 0 Å². The minimum absolute atomic E-state index is 0.0647. The fourth-order valence-corrected chi connectivity index (χ4v) is 1.05. The number of oxazole rings is 1. The van der Waals surface area contributed by atoms with E-state index >= 15 is 0 Å². The van der Waals surface area contributed by atoms with Crippen molar-refractivity contribution in [3.63, 3.8) is 0 Å². The van der Waals surface area contributed by atoms with Gasteiger partial charge in [-0.3, -0.25) is 4.79 Å². The van der Waals surface area contributed by atoms with Crippen LogP contribution in [0.1, 0.15) is 10.7 Å². The molecule has 2 heterocycles. The van der Waals surface area contributed by atoms with E-state index in [1.165, 1.54) is 6.20 Å². The van der Waals surface area contributed by atoms with Crippen LogP contribution in [0.25, 0.3) is 11.2 Å². The lowest BCUT2D eigenvalue weighted by Gasteiger charge is -1.91. The topological polar surface area (TPSA) is 80.9 Å². The van der Waals surface area contributed by atoms with Gasteiger partial charge < -0.3 is 9.73 Å². The van der Waals surface area contributed by atoms with Crippen LogP contribution in [0.15, 0.2) is 16.7 Å². The lowest BCUT2D eigenvalue weighted by atomic mass is 10.4. The van der Waals surface area contributed by atoms with Crippen LogP contribution < -0.4 is 5.32 Å². The van der Waals surface area contributed by atoms with Gasteiger partial charge >= 0.3 is 0 Å². The number of fused-ring (bicyclic) bond motifs is 1. The van der Waals surface area contributed by atoms with Crippen LogP contribution in [0.2, 0.25) is 0 Å². The number of nitrogens with zero attached hydrogens (tertiary/aromatic N) is 3. The van der Waals surface area contributed by atoms with Gasteiger partial charge in [0.15, 0.2) is 0 Å². The SMILES string of the molecule is CNCC(=O)c1nc2ccnnc2o1. The van der Waals surface area contributed by atoms with Crippen molar-refractivity contribution in [1.29, 1.82) is 0 Å². The summed E-state index contributed by atoms with van der Waals surface area (Å²) in [7, 11) is 1.68. The maximum atomic E-state index is 11.3. The minimum Gasteiger partial charge on any atom is -0.413 e. The maximum Gasteiger partial charge on any atom is 0.267 e. The first-order valence-corrected chi connectivity index (χ1v) is 4.07. The Morgan fingerprint density at radius 3 is 3.21 bits per heavy atom. The van der Waals surface area contributed by atoms with E-state index < -0.39 is 0 Å². The highest BCUT2D eigenvalue weighted by Crippen LogP contribution is 2.10. The second-order valence-corrected chi connectivity index (χ2v) is 2.69. The van der Waals surface area contributed by atoms with Crippen molar-refractivity contribution in [2.24, 2.45) is 0 Å². The Labute approximate surface area is 79.3 Å². The summed E-state index contributed by atoms with van der Waals surface area (Å²) in [5, 5.41) is 10.0. The first-order chi connectivity index (χ1) is 6.81. The standard InChI is InChI=1S/C8H8N4O2/c1-9-4-6(13)8-11-5-2-3-10-12-7(5)14-8/h2-3,9H,4H2,1H3. The van der Waals surface area contributed by atoms with Gasteiger partial charge in [0.05, 0.1) is 12.7 Å². The van der Waals surface area contributed by atoms with E-state index in [9.17, 15) is 4.79 Å². The second-order valence-electron chi connectivity index (χ2n) is 2.69. The molecule has 0 amide bonds. The number of likely N-dealkylation sites (N-methyl/N-ethyl adjacent to an activating group) is 1. The summed E-state index contributed by atoms with van der Waals surface area (Å²) in [6.45, 7) is 0.195. The first kappa shape index (κ1) is 8.76. The second kappa shape index (κ2) is 3.51. The number of rotatable bonds is 3. The van der Waals surface area contributed by atoms with Gasteiger partial charge in [0.25, 0.3) is 11.6 Å². The van der Waals surface area contributed by atoms with Crippen molar-refractivity contribution >= 4 is 17.0 Å². The van der Waals surface area contributed by atoms with Crippen molar-refractivity contribution < 1.29 is 9.21 Å². The molecular formula is C8H8N4O2. The Hall–Kier alpha value is -1.82. The lowest BCUT2D eigenvalue weighted by molar-refractivity contribution is 0.0962. The zero-order valence-corrected chi connectivity index (χ0v) is 7.52. The third-order valence-electron chi connectivity index (χ3n) is 1.66. The van der Waals surface area contributed by atoms with Crippen molar-refractivity contribution in [2.75, 3.05) is 13.6 Å². The molecule has 0 spiro atoms. The van der Waals surface area contributed by atoms with Gasteiger partial charge in [-0.15, -0.1) is 5.10 Å². The summed E-state index contributed by atoms with van der Waals surface area (Å²) >= 11 is 0. The zero-order valence-electron chi connectivity index (χ0n) is 7.52. The van der Waals surface area contributed by atoms with Gasteiger partial charge in [-0.25, -0.2) is 4.98 Å². The molecule has 0 atom stereocenters. The van der Waals surface area contributed by atoms with Gasteiger partial charge in [0.1, 0.15) is 5.52 Å². The highest BCUT2D eigenvalue weighted by Gasteiger charge is 2.13. The molecule has 1 N–H and O–H groups in total. The Kier molecular flexibility index (Phi) is 2.19. The van der Waals surface area contributed by atoms with Crippen LogP contribution in [0.5, 0.6) is 0 Å². The summed E-state index contributed by atoms with van der Waals surface area (Å²) in [6.07, 6.45) is 1.50. The molecule has 0 aliphatic rings. The zero-order chi connectivity index (χ0) is 9.97. The van der Waals surface area contributed by atoms with Crippen molar-refractivity contribution in [3.05, 3.63) is 18.2 Å². The van der Waals surface area contributed by atoms with Crippen LogP contribution in [0, 0.1) is 0 Å². The van der Waals surface area contributed by atoms with Crippen LogP contribution >= 0.6 is 0 Å². The lowest BCUT2D eigenvalue weighted by Crippen LogP contribution is -2.18. The molecule has 6 heteroatoms. The van der Waals surface area contributed by atoms with E-state index in [2.05, 4.69) is 20.5 Å². The average molecular weight is 192 g/mol. The molecule has 72 valence electrons. The molecule has 0 radical (unpaired) electrons. The predicted octanol–water partition coefficient (Wildman–Crippen LogP) is 0.0199. The number of hydrogen-bond acceptors (Lipinski definition) is 6. The summed E-state index contributed by atoms with van der Waals surface area (Å²) in [5.41, 5.74) is 0.825. The summed E-state index contributed by atoms with van der Waals surface area (Å²) < 4.78 is 5.11. The molecular weight excluding hydrogens is 184 g/mol. The molecule has 0 unspecified atom stereocenters. The number of aromatic nitrogens is 3. The number of nitrogens with one attached hydrogen (secondary N) is 1. The van der Waals surface area contributed by atoms with Gasteiger partial charge in [-0.2, -0.15) is 5.10 Å². The summed E-state index contributed by atoms with van der Waals surface area (Å²) in [5.74, 6) is -0.139. The van der Waals surface area contributed by atoms with Gasteiger partial charge in [-0.1, -0.05) is 0 Å². The number of hydrogen-bond donors (Lipinski definition) is 1. The smallest absolute Gasteiger partial charge is 0.267 e. The molecule has 0 aliphatic carbocycles. The van der Waals surface area contributed by atoms with E-state index in [-0.39, 0.29) is 23.9 Å². The van der Waals surface area contributed by atoms with Crippen molar-refractivity contribution in [1.82, 2.24) is 20.5 Å². The van der Waals surface area contributed by atoms with Crippen LogP contribution in [0.4, 0.5) is 0 Å². The summed E-state index contributed by atoms with van der Waals surface area (Å²) in [4.78, 5) is 15.3. The fraction of sp³-hybridized carbons (Fsp3) is 0.250. The van der Waals surface area contributed by atoms with Crippen LogP contribution in [0.3, 0.4) is 0 Å². The van der Waals surface area contributed by atoms with Gasteiger partial charge in [-0.05, 0) is 13.1 Å². The van der Waals surface area contributed by atoms with E-state index in [4.69, 9.17) is 4.42 Å². The number of carbonyl (C=O) groups excluding carboxylic acids is 1. The van der Waals surface area contributed by atoms with E-state index in [0.29, 0.717) is 5.52 Å². The number of carbonyl (C=O) groups is 1. The van der Waals surface area contributed by atoms with Gasteiger partial charge in [0, 0.05) is 0 Å². The maximum absolute atomic E-state index is 11.3. The molecule has 2 aromatic heterocycles. The molecule has 0 aromatic carbocycles. The molecule has 0 fully saturated rings. The monoisotopic (exact) mass is 192 g/mol. The largest absolute Gasteiger partial charge is 0.413 e. The molecule has 6 nitrogen and oxygen atoms in total. The number of Topliss-reactive ketones (excluding diaryl/α,β-unsaturated/α-hetero) is 1. The Morgan fingerprint density at radius 2 is 2.50 bits per heavy atom. The van der Waals surface area contributed by atoms with Crippen LogP contribution in [-0.4, -0.2) is 34.6 Å². The average Bonchev–Trinajstić information content (AvgIpc) is 2.61. The molecule has 0 bridgehead atoms. The predicted molar refractivity (Wildman–Crippen MR) is 47.9 cm³/mol. The van der Waals surface area contributed by atoms with Crippen molar-refractivity contribution in [3.8, 4) is 0 Å². The Bertz CT molecular complexity index is 432. The molecule has 0 aliphatic heterocycles. The quantitative estimate of drug-likeness (QED) is 0.690. The van der Waals surface area contributed by atoms with E-state index in [1.54, 1.807) is 13.1 Å².